The zero-order valence-electron chi connectivity index (χ0n) is 14.3. The molecule has 2 aromatic carbocycles. The molecule has 0 saturated heterocycles. The summed E-state index contributed by atoms with van der Waals surface area (Å²) in [7, 11) is 0. The Balaban J connectivity index is 1.73. The Morgan fingerprint density at radius 3 is 2.92 bits per heavy atom. The normalized spacial score (nSPS) is 13.5. The van der Waals surface area contributed by atoms with Crippen molar-refractivity contribution in [2.75, 3.05) is 22.5 Å². The van der Waals surface area contributed by atoms with E-state index in [9.17, 15) is 9.59 Å². The summed E-state index contributed by atoms with van der Waals surface area (Å²) < 4.78 is 5.35. The van der Waals surface area contributed by atoms with E-state index in [1.807, 2.05) is 36.0 Å². The van der Waals surface area contributed by atoms with E-state index in [1.165, 1.54) is 17.5 Å². The van der Waals surface area contributed by atoms with Gasteiger partial charge in [-0.2, -0.15) is 0 Å². The summed E-state index contributed by atoms with van der Waals surface area (Å²) in [5.74, 6) is 0.855. The number of nitrogens with zero attached hydrogens (tertiary/aromatic N) is 1. The predicted molar refractivity (Wildman–Crippen MR) is 105 cm³/mol. The maximum Gasteiger partial charge on any atom is 0.336 e. The van der Waals surface area contributed by atoms with Crippen molar-refractivity contribution in [3.05, 3.63) is 64.5 Å². The van der Waals surface area contributed by atoms with Gasteiger partial charge in [0.25, 0.3) is 0 Å². The van der Waals surface area contributed by atoms with Crippen molar-refractivity contribution in [1.29, 1.82) is 0 Å². The molecular weight excluding hydrogens is 348 g/mol. The molecule has 1 aromatic heterocycles. The zero-order valence-corrected chi connectivity index (χ0v) is 15.1. The van der Waals surface area contributed by atoms with E-state index in [1.54, 1.807) is 12.1 Å². The molecular formula is C20H18N2O3S. The first-order valence-electron chi connectivity index (χ1n) is 8.41. The predicted octanol–water partition coefficient (Wildman–Crippen LogP) is 3.86. The highest BCUT2D eigenvalue weighted by Crippen LogP contribution is 2.35. The fourth-order valence-electron chi connectivity index (χ4n) is 3.24. The fraction of sp³-hybridized carbons (Fsp3) is 0.200. The van der Waals surface area contributed by atoms with Crippen molar-refractivity contribution in [2.24, 2.45) is 0 Å². The van der Waals surface area contributed by atoms with Crippen LogP contribution in [-0.2, 0) is 11.3 Å². The summed E-state index contributed by atoms with van der Waals surface area (Å²) in [6.45, 7) is 3.01. The summed E-state index contributed by atoms with van der Waals surface area (Å²) in [4.78, 5) is 26.9. The van der Waals surface area contributed by atoms with Crippen LogP contribution in [0.2, 0.25) is 0 Å². The van der Waals surface area contributed by atoms with E-state index in [2.05, 4.69) is 22.3 Å². The summed E-state index contributed by atoms with van der Waals surface area (Å²) in [5.41, 5.74) is 2.84. The lowest BCUT2D eigenvalue weighted by molar-refractivity contribution is -0.114. The number of para-hydroxylation sites is 1. The van der Waals surface area contributed by atoms with Crippen molar-refractivity contribution in [3.63, 3.8) is 0 Å². The molecule has 0 aliphatic carbocycles. The Kier molecular flexibility index (Phi) is 4.42. The van der Waals surface area contributed by atoms with Gasteiger partial charge in [0.15, 0.2) is 0 Å². The number of carbonyl (C=O) groups is 1. The Morgan fingerprint density at radius 1 is 1.23 bits per heavy atom. The molecule has 3 aromatic rings. The lowest BCUT2D eigenvalue weighted by atomic mass is 10.1. The third-order valence-corrected chi connectivity index (χ3v) is 5.38. The monoisotopic (exact) mass is 366 g/mol. The first kappa shape index (κ1) is 16.7. The Morgan fingerprint density at radius 2 is 2.08 bits per heavy atom. The highest BCUT2D eigenvalue weighted by atomic mass is 32.2. The molecule has 1 aliphatic rings. The van der Waals surface area contributed by atoms with Crippen LogP contribution < -0.4 is 15.8 Å². The van der Waals surface area contributed by atoms with Crippen molar-refractivity contribution >= 4 is 40.0 Å². The van der Waals surface area contributed by atoms with Crippen LogP contribution in [0, 0.1) is 0 Å². The van der Waals surface area contributed by atoms with Gasteiger partial charge in [-0.15, -0.1) is 11.8 Å². The molecule has 26 heavy (non-hydrogen) atoms. The topological polar surface area (TPSA) is 62.6 Å². The van der Waals surface area contributed by atoms with E-state index in [4.69, 9.17) is 4.42 Å². The number of rotatable bonds is 3. The van der Waals surface area contributed by atoms with Gasteiger partial charge in [-0.1, -0.05) is 12.1 Å². The summed E-state index contributed by atoms with van der Waals surface area (Å²) in [6, 6.07) is 15.3. The highest BCUT2D eigenvalue weighted by molar-refractivity contribution is 7.99. The molecule has 1 aliphatic heterocycles. The summed E-state index contributed by atoms with van der Waals surface area (Å²) in [5, 5.41) is 3.60. The lowest BCUT2D eigenvalue weighted by Gasteiger charge is -2.31. The summed E-state index contributed by atoms with van der Waals surface area (Å²) in [6.07, 6.45) is 0. The second kappa shape index (κ2) is 6.88. The van der Waals surface area contributed by atoms with Crippen LogP contribution in [0.4, 0.5) is 11.4 Å². The Labute approximate surface area is 155 Å². The van der Waals surface area contributed by atoms with Crippen LogP contribution in [-0.4, -0.2) is 18.2 Å². The van der Waals surface area contributed by atoms with Gasteiger partial charge in [-0.3, -0.25) is 4.79 Å². The van der Waals surface area contributed by atoms with Gasteiger partial charge in [0.2, 0.25) is 5.91 Å². The van der Waals surface area contributed by atoms with E-state index < -0.39 is 0 Å². The number of anilines is 2. The third kappa shape index (κ3) is 3.32. The number of thioether (sulfide) groups is 1. The van der Waals surface area contributed by atoms with E-state index in [-0.39, 0.29) is 11.5 Å². The molecule has 0 saturated carbocycles. The number of hydrogen-bond donors (Lipinski definition) is 1. The molecule has 0 fully saturated rings. The van der Waals surface area contributed by atoms with Gasteiger partial charge in [0.05, 0.1) is 5.69 Å². The molecule has 132 valence electrons. The smallest absolute Gasteiger partial charge is 0.336 e. The van der Waals surface area contributed by atoms with Crippen LogP contribution >= 0.6 is 11.8 Å². The number of hydrogen-bond acceptors (Lipinski definition) is 5. The molecule has 0 atom stereocenters. The van der Waals surface area contributed by atoms with Crippen molar-refractivity contribution in [2.45, 2.75) is 18.4 Å². The van der Waals surface area contributed by atoms with Crippen LogP contribution in [0.5, 0.6) is 0 Å². The number of amides is 1. The van der Waals surface area contributed by atoms with Gasteiger partial charge in [0.1, 0.15) is 5.58 Å². The van der Waals surface area contributed by atoms with Crippen molar-refractivity contribution < 1.29 is 9.21 Å². The Hall–Kier alpha value is -2.73. The SMILES string of the molecule is CC(=O)Nc1ccc2c(CN3CCSc4ccccc43)cc(=O)oc2c1. The molecule has 6 heteroatoms. The van der Waals surface area contributed by atoms with Gasteiger partial charge in [-0.25, -0.2) is 4.79 Å². The molecule has 0 spiro atoms. The number of nitrogens with one attached hydrogen (secondary N) is 1. The quantitative estimate of drug-likeness (QED) is 0.713. The molecule has 2 heterocycles. The largest absolute Gasteiger partial charge is 0.423 e. The van der Waals surface area contributed by atoms with E-state index in [0.717, 1.165) is 23.2 Å². The number of benzene rings is 2. The van der Waals surface area contributed by atoms with Crippen molar-refractivity contribution in [3.8, 4) is 0 Å². The molecule has 1 amide bonds. The molecule has 0 radical (unpaired) electrons. The molecule has 4 rings (SSSR count). The second-order valence-corrected chi connectivity index (χ2v) is 7.36. The molecule has 1 N–H and O–H groups in total. The number of fused-ring (bicyclic) bond motifs is 2. The van der Waals surface area contributed by atoms with Gasteiger partial charge < -0.3 is 14.6 Å². The van der Waals surface area contributed by atoms with Gasteiger partial charge in [-0.05, 0) is 29.8 Å². The minimum Gasteiger partial charge on any atom is -0.423 e. The lowest BCUT2D eigenvalue weighted by Crippen LogP contribution is -2.29. The standard InChI is InChI=1S/C20H18N2O3S/c1-13(23)21-15-6-7-16-14(10-20(24)25-18(16)11-15)12-22-8-9-26-19-5-3-2-4-17(19)22/h2-7,10-11H,8-9,12H2,1H3,(H,21,23). The minimum absolute atomic E-state index is 0.162. The third-order valence-electron chi connectivity index (χ3n) is 4.34. The highest BCUT2D eigenvalue weighted by Gasteiger charge is 2.18. The maximum absolute atomic E-state index is 12.0. The van der Waals surface area contributed by atoms with Crippen LogP contribution in [0.1, 0.15) is 12.5 Å². The molecule has 0 bridgehead atoms. The van der Waals surface area contributed by atoms with Crippen molar-refractivity contribution in [1.82, 2.24) is 0 Å². The Bertz CT molecular complexity index is 1040. The number of carbonyl (C=O) groups excluding carboxylic acids is 1. The van der Waals surface area contributed by atoms with Crippen LogP contribution in [0.3, 0.4) is 0 Å². The van der Waals surface area contributed by atoms with E-state index in [0.29, 0.717) is 17.8 Å². The maximum atomic E-state index is 12.0. The average molecular weight is 366 g/mol. The molecule has 0 unspecified atom stereocenters. The fourth-order valence-corrected chi connectivity index (χ4v) is 4.29. The molecule has 5 nitrogen and oxygen atoms in total. The first-order chi connectivity index (χ1) is 12.6. The first-order valence-corrected chi connectivity index (χ1v) is 9.40. The minimum atomic E-state index is -0.382. The average Bonchev–Trinajstić information content (AvgIpc) is 2.61. The second-order valence-electron chi connectivity index (χ2n) is 6.22. The van der Waals surface area contributed by atoms with Crippen LogP contribution in [0.25, 0.3) is 11.0 Å². The van der Waals surface area contributed by atoms with Gasteiger partial charge in [0, 0.05) is 53.9 Å². The summed E-state index contributed by atoms with van der Waals surface area (Å²) >= 11 is 1.86. The van der Waals surface area contributed by atoms with E-state index >= 15 is 0 Å². The van der Waals surface area contributed by atoms with Crippen LogP contribution in [0.15, 0.2) is 62.6 Å². The zero-order chi connectivity index (χ0) is 18.1. The van der Waals surface area contributed by atoms with Gasteiger partial charge >= 0.3 is 5.63 Å².